The van der Waals surface area contributed by atoms with Gasteiger partial charge in [-0.3, -0.25) is 9.78 Å². The number of hydrogen-bond acceptors (Lipinski definition) is 4. The van der Waals surface area contributed by atoms with E-state index in [0.717, 1.165) is 12.6 Å². The molecule has 1 saturated carbocycles. The number of carbonyl (C=O) groups is 1. The van der Waals surface area contributed by atoms with Crippen molar-refractivity contribution in [3.05, 3.63) is 58.1 Å². The van der Waals surface area contributed by atoms with Crippen molar-refractivity contribution in [2.24, 2.45) is 5.92 Å². The highest BCUT2D eigenvalue weighted by atomic mass is 35.5. The molecule has 0 saturated heterocycles. The Morgan fingerprint density at radius 3 is 2.56 bits per heavy atom. The third-order valence-electron chi connectivity index (χ3n) is 6.15. The van der Waals surface area contributed by atoms with Crippen LogP contribution in [0.25, 0.3) is 0 Å². The Labute approximate surface area is 187 Å². The molecule has 0 bridgehead atoms. The van der Waals surface area contributed by atoms with Gasteiger partial charge in [0.1, 0.15) is 5.82 Å². The maximum absolute atomic E-state index is 14.2. The third kappa shape index (κ3) is 4.41. The smallest absolute Gasteiger partial charge is 0.393 e. The van der Waals surface area contributed by atoms with Crippen molar-refractivity contribution >= 4 is 23.2 Å². The zero-order chi connectivity index (χ0) is 23.2. The van der Waals surface area contributed by atoms with Crippen molar-refractivity contribution in [3.8, 4) is 0 Å². The minimum Gasteiger partial charge on any atom is -0.393 e. The van der Waals surface area contributed by atoms with E-state index in [1.165, 1.54) is 24.4 Å². The van der Waals surface area contributed by atoms with Gasteiger partial charge in [0.05, 0.1) is 28.7 Å². The number of aliphatic hydroxyl groups excluding tert-OH is 1. The molecule has 2 atom stereocenters. The molecule has 1 fully saturated rings. The van der Waals surface area contributed by atoms with E-state index in [2.05, 4.69) is 10.3 Å². The molecule has 172 valence electrons. The number of nitrogens with one attached hydrogen (secondary N) is 1. The van der Waals surface area contributed by atoms with Crippen LogP contribution in [0.15, 0.2) is 30.5 Å². The number of aliphatic hydroxyl groups is 1. The average molecular weight is 472 g/mol. The number of benzene rings is 1. The fourth-order valence-electron chi connectivity index (χ4n) is 4.41. The van der Waals surface area contributed by atoms with Gasteiger partial charge in [-0.1, -0.05) is 17.7 Å². The van der Waals surface area contributed by atoms with Crippen molar-refractivity contribution in [1.29, 1.82) is 0 Å². The van der Waals surface area contributed by atoms with Gasteiger partial charge in [-0.2, -0.15) is 13.2 Å². The van der Waals surface area contributed by atoms with E-state index < -0.39 is 36.0 Å². The van der Waals surface area contributed by atoms with E-state index in [9.17, 15) is 27.5 Å². The van der Waals surface area contributed by atoms with Crippen LogP contribution in [-0.4, -0.2) is 46.3 Å². The van der Waals surface area contributed by atoms with Gasteiger partial charge in [0.25, 0.3) is 0 Å². The topological polar surface area (TPSA) is 65.5 Å². The lowest BCUT2D eigenvalue weighted by molar-refractivity contribution is -0.193. The molecule has 1 aromatic heterocycles. The number of pyridine rings is 1. The van der Waals surface area contributed by atoms with Gasteiger partial charge in [0.15, 0.2) is 6.04 Å². The Kier molecular flexibility index (Phi) is 6.06. The summed E-state index contributed by atoms with van der Waals surface area (Å²) in [7, 11) is 1.11. The molecule has 0 spiro atoms. The van der Waals surface area contributed by atoms with Gasteiger partial charge in [-0.05, 0) is 55.0 Å². The summed E-state index contributed by atoms with van der Waals surface area (Å²) in [6.07, 6.45) is -2.78. The fourth-order valence-corrected chi connectivity index (χ4v) is 4.59. The Morgan fingerprint density at radius 1 is 1.25 bits per heavy atom. The molecule has 2 aromatic rings. The summed E-state index contributed by atoms with van der Waals surface area (Å²) in [5.41, 5.74) is 1.58. The molecule has 5 nitrogen and oxygen atoms in total. The highest BCUT2D eigenvalue weighted by Crippen LogP contribution is 2.39. The summed E-state index contributed by atoms with van der Waals surface area (Å²) in [5.74, 6) is -1.72. The van der Waals surface area contributed by atoms with Gasteiger partial charge in [-0.25, -0.2) is 4.39 Å². The third-order valence-corrected chi connectivity index (χ3v) is 6.45. The lowest BCUT2D eigenvalue weighted by atomic mass is 9.81. The van der Waals surface area contributed by atoms with Gasteiger partial charge in [-0.15, -0.1) is 0 Å². The minimum atomic E-state index is -4.71. The van der Waals surface area contributed by atoms with Crippen LogP contribution in [-0.2, 0) is 17.6 Å². The normalized spacial score (nSPS) is 23.3. The van der Waals surface area contributed by atoms with Gasteiger partial charge in [0.2, 0.25) is 5.91 Å². The highest BCUT2D eigenvalue weighted by molar-refractivity contribution is 6.30. The van der Waals surface area contributed by atoms with Crippen molar-refractivity contribution in [3.63, 3.8) is 0 Å². The Morgan fingerprint density at radius 2 is 1.97 bits per heavy atom. The first kappa shape index (κ1) is 22.8. The standard InChI is InChI=1S/C22H22ClF4N3O2/c1-30(21(32)12-7-15(31)8-12)20(22(25,26)27)18-5-3-13(10-28-18)29-14-6-11-2-4-17(23)19(24)16(11)9-14/h2-5,10,12,14-15,20,29,31H,6-9H2,1H3/t12?,14?,15?,20-/m0/s1. The van der Waals surface area contributed by atoms with Crippen LogP contribution in [0.1, 0.15) is 35.7 Å². The quantitative estimate of drug-likeness (QED) is 0.639. The summed E-state index contributed by atoms with van der Waals surface area (Å²) in [5, 5.41) is 12.6. The number of rotatable bonds is 5. The molecule has 10 heteroatoms. The van der Waals surface area contributed by atoms with Crippen molar-refractivity contribution in [1.82, 2.24) is 9.88 Å². The van der Waals surface area contributed by atoms with Crippen LogP contribution >= 0.6 is 11.6 Å². The zero-order valence-corrected chi connectivity index (χ0v) is 17.9. The van der Waals surface area contributed by atoms with Gasteiger partial charge in [0, 0.05) is 19.0 Å². The van der Waals surface area contributed by atoms with Crippen LogP contribution in [0.5, 0.6) is 0 Å². The van der Waals surface area contributed by atoms with E-state index in [0.29, 0.717) is 29.0 Å². The molecule has 0 aliphatic heterocycles. The van der Waals surface area contributed by atoms with Crippen LogP contribution in [0.4, 0.5) is 23.2 Å². The highest BCUT2D eigenvalue weighted by Gasteiger charge is 2.48. The molecule has 1 unspecified atom stereocenters. The number of fused-ring (bicyclic) bond motifs is 1. The minimum absolute atomic E-state index is 0.0590. The average Bonchev–Trinajstić information content (AvgIpc) is 3.11. The maximum Gasteiger partial charge on any atom is 0.414 e. The zero-order valence-electron chi connectivity index (χ0n) is 17.2. The molecule has 2 aliphatic rings. The van der Waals surface area contributed by atoms with E-state index in [1.54, 1.807) is 6.07 Å². The number of hydrogen-bond donors (Lipinski definition) is 2. The van der Waals surface area contributed by atoms with E-state index in [-0.39, 0.29) is 29.6 Å². The SMILES string of the molecule is CN(C(=O)C1CC(O)C1)[C@@H](c1ccc(NC2Cc3ccc(Cl)c(F)c3C2)cn1)C(F)(F)F. The van der Waals surface area contributed by atoms with Crippen molar-refractivity contribution < 1.29 is 27.5 Å². The summed E-state index contributed by atoms with van der Waals surface area (Å²) in [6, 6.07) is 3.66. The first-order valence-corrected chi connectivity index (χ1v) is 10.6. The Bertz CT molecular complexity index is 1010. The van der Waals surface area contributed by atoms with Crippen LogP contribution in [0.3, 0.4) is 0 Å². The predicted molar refractivity (Wildman–Crippen MR) is 111 cm³/mol. The number of nitrogens with zero attached hydrogens (tertiary/aromatic N) is 2. The number of amides is 1. The molecule has 2 N–H and O–H groups in total. The number of alkyl halides is 3. The second-order valence-corrected chi connectivity index (χ2v) is 8.84. The molecular formula is C22H22ClF4N3O2. The molecule has 1 amide bonds. The molecular weight excluding hydrogens is 450 g/mol. The largest absolute Gasteiger partial charge is 0.414 e. The van der Waals surface area contributed by atoms with E-state index in [4.69, 9.17) is 11.6 Å². The molecule has 32 heavy (non-hydrogen) atoms. The monoisotopic (exact) mass is 471 g/mol. The fraction of sp³-hybridized carbons (Fsp3) is 0.455. The number of carbonyl (C=O) groups excluding carboxylic acids is 1. The first-order valence-electron chi connectivity index (χ1n) is 10.2. The maximum atomic E-state index is 14.2. The molecule has 4 rings (SSSR count). The van der Waals surface area contributed by atoms with E-state index in [1.807, 2.05) is 0 Å². The molecule has 2 aliphatic carbocycles. The van der Waals surface area contributed by atoms with Crippen molar-refractivity contribution in [2.45, 2.75) is 50.0 Å². The van der Waals surface area contributed by atoms with Crippen LogP contribution in [0.2, 0.25) is 5.02 Å². The van der Waals surface area contributed by atoms with Crippen molar-refractivity contribution in [2.75, 3.05) is 12.4 Å². The lowest BCUT2D eigenvalue weighted by Gasteiger charge is -2.37. The predicted octanol–water partition coefficient (Wildman–Crippen LogP) is 4.29. The molecule has 1 aromatic carbocycles. The summed E-state index contributed by atoms with van der Waals surface area (Å²) in [6.45, 7) is 0. The molecule has 1 heterocycles. The van der Waals surface area contributed by atoms with Gasteiger partial charge >= 0.3 is 6.18 Å². The Hall–Kier alpha value is -2.39. The Balaban J connectivity index is 1.46. The van der Waals surface area contributed by atoms with Crippen LogP contribution < -0.4 is 5.32 Å². The first-order chi connectivity index (χ1) is 15.0. The van der Waals surface area contributed by atoms with Gasteiger partial charge < -0.3 is 15.3 Å². The summed E-state index contributed by atoms with van der Waals surface area (Å²) < 4.78 is 55.5. The summed E-state index contributed by atoms with van der Waals surface area (Å²) >= 11 is 5.83. The second kappa shape index (κ2) is 8.51. The summed E-state index contributed by atoms with van der Waals surface area (Å²) in [4.78, 5) is 17.1. The number of halogens is 5. The number of aromatic nitrogens is 1. The number of anilines is 1. The molecule has 0 radical (unpaired) electrons. The second-order valence-electron chi connectivity index (χ2n) is 8.44. The lowest BCUT2D eigenvalue weighted by Crippen LogP contribution is -2.47. The van der Waals surface area contributed by atoms with E-state index >= 15 is 0 Å². The van der Waals surface area contributed by atoms with Crippen LogP contribution in [0, 0.1) is 11.7 Å².